The van der Waals surface area contributed by atoms with Crippen LogP contribution in [0.5, 0.6) is 17.2 Å². The second-order valence-corrected chi connectivity index (χ2v) is 8.69. The molecule has 0 unspecified atom stereocenters. The van der Waals surface area contributed by atoms with Gasteiger partial charge in [-0.05, 0) is 53.1 Å². The molecule has 0 N–H and O–H groups in total. The Kier molecular flexibility index (Phi) is 8.13. The van der Waals surface area contributed by atoms with E-state index in [9.17, 15) is 4.79 Å². The maximum atomic E-state index is 11.8. The molecule has 0 aliphatic carbocycles. The van der Waals surface area contributed by atoms with E-state index in [-0.39, 0.29) is 11.9 Å². The molecule has 3 aromatic rings. The molecule has 0 atom stereocenters. The van der Waals surface area contributed by atoms with E-state index in [4.69, 9.17) is 23.7 Å². The minimum absolute atomic E-state index is 0.0653. The summed E-state index contributed by atoms with van der Waals surface area (Å²) in [5, 5.41) is 0. The molecule has 0 radical (unpaired) electrons. The van der Waals surface area contributed by atoms with E-state index in [2.05, 4.69) is 4.90 Å². The van der Waals surface area contributed by atoms with Crippen molar-refractivity contribution in [3.05, 3.63) is 89.5 Å². The minimum atomic E-state index is -0.891. The first-order valence-electron chi connectivity index (χ1n) is 11.9. The first-order valence-corrected chi connectivity index (χ1v) is 11.9. The molecule has 1 aliphatic heterocycles. The first-order chi connectivity index (χ1) is 17.5. The summed E-state index contributed by atoms with van der Waals surface area (Å²) in [6.45, 7) is 2.50. The van der Waals surface area contributed by atoms with Crippen LogP contribution in [0, 0.1) is 5.92 Å². The number of carbonyl (C=O) groups is 1. The van der Waals surface area contributed by atoms with Gasteiger partial charge in [-0.3, -0.25) is 9.69 Å². The van der Waals surface area contributed by atoms with Gasteiger partial charge in [0.1, 0.15) is 22.8 Å². The number of benzene rings is 3. The largest absolute Gasteiger partial charge is 0.497 e. The molecule has 0 spiro atoms. The predicted octanol–water partition coefficient (Wildman–Crippen LogP) is 4.13. The summed E-state index contributed by atoms with van der Waals surface area (Å²) < 4.78 is 27.9. The number of ether oxygens (including phenoxy) is 5. The van der Waals surface area contributed by atoms with Gasteiger partial charge in [-0.2, -0.15) is 0 Å². The summed E-state index contributed by atoms with van der Waals surface area (Å²) in [6, 6.07) is 23.8. The molecule has 1 fully saturated rings. The Morgan fingerprint density at radius 1 is 0.722 bits per heavy atom. The lowest BCUT2D eigenvalue weighted by atomic mass is 9.80. The molecule has 36 heavy (non-hydrogen) atoms. The van der Waals surface area contributed by atoms with Crippen molar-refractivity contribution in [1.29, 1.82) is 0 Å². The lowest BCUT2D eigenvalue weighted by Gasteiger charge is -2.40. The minimum Gasteiger partial charge on any atom is -0.497 e. The van der Waals surface area contributed by atoms with Crippen LogP contribution < -0.4 is 14.2 Å². The lowest BCUT2D eigenvalue weighted by Crippen LogP contribution is -2.52. The van der Waals surface area contributed by atoms with Crippen molar-refractivity contribution < 1.29 is 28.5 Å². The van der Waals surface area contributed by atoms with Crippen molar-refractivity contribution in [1.82, 2.24) is 4.90 Å². The molecular formula is C29H33NO6. The van der Waals surface area contributed by atoms with E-state index in [1.807, 2.05) is 72.8 Å². The van der Waals surface area contributed by atoms with Crippen LogP contribution in [0.25, 0.3) is 0 Å². The molecular weight excluding hydrogens is 458 g/mol. The maximum Gasteiger partial charge on any atom is 0.311 e. The van der Waals surface area contributed by atoms with Crippen LogP contribution >= 0.6 is 0 Å². The summed E-state index contributed by atoms with van der Waals surface area (Å²) in [5.74, 6) is 2.09. The number of esters is 1. The highest BCUT2D eigenvalue weighted by Crippen LogP contribution is 2.42. The topological polar surface area (TPSA) is 66.5 Å². The fraction of sp³-hybridized carbons (Fsp3) is 0.345. The van der Waals surface area contributed by atoms with Crippen molar-refractivity contribution >= 4 is 5.97 Å². The zero-order valence-electron chi connectivity index (χ0n) is 21.2. The molecule has 3 aromatic carbocycles. The summed E-state index contributed by atoms with van der Waals surface area (Å²) in [6.07, 6.45) is 0. The quantitative estimate of drug-likeness (QED) is 0.295. The summed E-state index contributed by atoms with van der Waals surface area (Å²) >= 11 is 0. The molecule has 1 aliphatic rings. The van der Waals surface area contributed by atoms with E-state index in [1.54, 1.807) is 21.3 Å². The average molecular weight is 492 g/mol. The third kappa shape index (κ3) is 5.17. The van der Waals surface area contributed by atoms with Gasteiger partial charge in [0.25, 0.3) is 0 Å². The molecule has 0 amide bonds. The zero-order valence-corrected chi connectivity index (χ0v) is 21.2. The van der Waals surface area contributed by atoms with E-state index in [0.717, 1.165) is 33.9 Å². The molecule has 0 saturated carbocycles. The number of likely N-dealkylation sites (tertiary alicyclic amines) is 1. The highest BCUT2D eigenvalue weighted by molar-refractivity contribution is 5.73. The molecule has 0 aromatic heterocycles. The van der Waals surface area contributed by atoms with Crippen LogP contribution in [0.3, 0.4) is 0 Å². The van der Waals surface area contributed by atoms with Gasteiger partial charge in [-0.15, -0.1) is 0 Å². The third-order valence-corrected chi connectivity index (χ3v) is 6.71. The van der Waals surface area contributed by atoms with Crippen LogP contribution in [0.4, 0.5) is 0 Å². The van der Waals surface area contributed by atoms with Gasteiger partial charge in [0.15, 0.2) is 0 Å². The Balaban J connectivity index is 1.71. The van der Waals surface area contributed by atoms with Crippen molar-refractivity contribution in [3.63, 3.8) is 0 Å². The molecule has 0 bridgehead atoms. The molecule has 1 saturated heterocycles. The predicted molar refractivity (Wildman–Crippen MR) is 137 cm³/mol. The average Bonchev–Trinajstić information content (AvgIpc) is 2.92. The van der Waals surface area contributed by atoms with Gasteiger partial charge in [0.05, 0.1) is 41.0 Å². The van der Waals surface area contributed by atoms with Crippen LogP contribution in [0.2, 0.25) is 0 Å². The fourth-order valence-corrected chi connectivity index (χ4v) is 4.62. The number of nitrogens with zero attached hydrogens (tertiary/aromatic N) is 1. The van der Waals surface area contributed by atoms with Gasteiger partial charge in [-0.25, -0.2) is 0 Å². The van der Waals surface area contributed by atoms with Crippen LogP contribution in [-0.2, 0) is 19.9 Å². The Hall–Kier alpha value is -3.55. The number of carbonyl (C=O) groups excluding carboxylic acids is 1. The first kappa shape index (κ1) is 25.5. The van der Waals surface area contributed by atoms with Crippen molar-refractivity contribution in [2.24, 2.45) is 5.92 Å². The number of hydrogen-bond donors (Lipinski definition) is 0. The van der Waals surface area contributed by atoms with E-state index in [0.29, 0.717) is 26.2 Å². The molecule has 190 valence electrons. The van der Waals surface area contributed by atoms with Gasteiger partial charge in [0.2, 0.25) is 0 Å². The van der Waals surface area contributed by atoms with E-state index in [1.165, 1.54) is 7.11 Å². The normalized spacial score (nSPS) is 14.1. The summed E-state index contributed by atoms with van der Waals surface area (Å²) in [7, 11) is 6.39. The highest BCUT2D eigenvalue weighted by Gasteiger charge is 2.39. The van der Waals surface area contributed by atoms with Gasteiger partial charge >= 0.3 is 5.97 Å². The third-order valence-electron chi connectivity index (χ3n) is 6.71. The fourth-order valence-electron chi connectivity index (χ4n) is 4.62. The monoisotopic (exact) mass is 491 g/mol. The molecule has 7 nitrogen and oxygen atoms in total. The molecule has 7 heteroatoms. The lowest BCUT2D eigenvalue weighted by molar-refractivity contribution is -0.151. The molecule has 4 rings (SSSR count). The Bertz CT molecular complexity index is 1010. The Morgan fingerprint density at radius 2 is 1.11 bits per heavy atom. The van der Waals surface area contributed by atoms with Crippen molar-refractivity contribution in [2.45, 2.75) is 5.60 Å². The Morgan fingerprint density at radius 3 is 1.44 bits per heavy atom. The van der Waals surface area contributed by atoms with Crippen LogP contribution in [0.1, 0.15) is 16.7 Å². The van der Waals surface area contributed by atoms with Crippen LogP contribution in [-0.4, -0.2) is 65.5 Å². The second-order valence-electron chi connectivity index (χ2n) is 8.69. The molecule has 1 heterocycles. The summed E-state index contributed by atoms with van der Waals surface area (Å²) in [4.78, 5) is 14.0. The SMILES string of the molecule is COC(=O)C1CN(CCOC(c2ccc(OC)cc2)(c2ccc(OC)cc2)c2ccc(OC)cc2)C1. The number of hydrogen-bond acceptors (Lipinski definition) is 7. The van der Waals surface area contributed by atoms with E-state index >= 15 is 0 Å². The maximum absolute atomic E-state index is 11.8. The highest BCUT2D eigenvalue weighted by atomic mass is 16.5. The number of methoxy groups -OCH3 is 4. The standard InChI is InChI=1S/C29H33NO6/c1-32-25-11-5-22(6-12-25)29(23-7-13-26(33-2)14-8-23,24-9-15-27(34-3)16-10-24)36-18-17-30-19-21(20-30)28(31)35-4/h5-16,21H,17-20H2,1-4H3. The van der Waals surface area contributed by atoms with Crippen LogP contribution in [0.15, 0.2) is 72.8 Å². The number of rotatable bonds is 11. The zero-order chi connectivity index (χ0) is 25.5. The summed E-state index contributed by atoms with van der Waals surface area (Å²) in [5.41, 5.74) is 2.01. The second kappa shape index (κ2) is 11.5. The van der Waals surface area contributed by atoms with Gasteiger partial charge in [-0.1, -0.05) is 36.4 Å². The van der Waals surface area contributed by atoms with Gasteiger partial charge < -0.3 is 23.7 Å². The van der Waals surface area contributed by atoms with Gasteiger partial charge in [0, 0.05) is 19.6 Å². The smallest absolute Gasteiger partial charge is 0.311 e. The van der Waals surface area contributed by atoms with Crippen molar-refractivity contribution in [2.75, 3.05) is 54.7 Å². The Labute approximate surface area is 212 Å². The van der Waals surface area contributed by atoms with E-state index < -0.39 is 5.60 Å². The van der Waals surface area contributed by atoms with Crippen molar-refractivity contribution in [3.8, 4) is 17.2 Å².